The predicted octanol–water partition coefficient (Wildman–Crippen LogP) is 4.66. The van der Waals surface area contributed by atoms with Crippen molar-refractivity contribution in [1.82, 2.24) is 24.1 Å². The molecular formula is C20H16ClN5O. The summed E-state index contributed by atoms with van der Waals surface area (Å²) in [4.78, 5) is 9.44. The Morgan fingerprint density at radius 1 is 1.07 bits per heavy atom. The summed E-state index contributed by atoms with van der Waals surface area (Å²) in [6.07, 6.45) is 3.40. The third-order valence-electron chi connectivity index (χ3n) is 4.94. The summed E-state index contributed by atoms with van der Waals surface area (Å²) in [5.41, 5.74) is 4.87. The van der Waals surface area contributed by atoms with Gasteiger partial charge in [-0.1, -0.05) is 11.6 Å². The van der Waals surface area contributed by atoms with Crippen LogP contribution in [-0.2, 0) is 6.54 Å². The number of fused-ring (bicyclic) bond motifs is 3. The Morgan fingerprint density at radius 3 is 2.63 bits per heavy atom. The van der Waals surface area contributed by atoms with Crippen LogP contribution >= 0.6 is 11.6 Å². The minimum atomic E-state index is 0.629. The van der Waals surface area contributed by atoms with Crippen LogP contribution in [0.2, 0.25) is 5.02 Å². The third kappa shape index (κ3) is 2.52. The van der Waals surface area contributed by atoms with E-state index in [9.17, 15) is 0 Å². The molecule has 0 aliphatic heterocycles. The molecule has 0 aliphatic carbocycles. The van der Waals surface area contributed by atoms with Crippen LogP contribution in [0, 0.1) is 13.8 Å². The standard InChI is InChI=1S/C20H16ClN5O/c1-12-13(2)25(10-16-4-3-9-27-16)19-17(12)20-23-18(24-26(20)11-22-19)14-5-7-15(21)8-6-14/h3-9,11H,10H2,1-2H3. The largest absolute Gasteiger partial charge is 0.467 e. The molecule has 0 bridgehead atoms. The Balaban J connectivity index is 1.71. The van der Waals surface area contributed by atoms with Crippen LogP contribution in [0.4, 0.5) is 0 Å². The molecule has 4 aromatic heterocycles. The Bertz CT molecular complexity index is 1270. The van der Waals surface area contributed by atoms with E-state index in [0.717, 1.165) is 39.3 Å². The lowest BCUT2D eigenvalue weighted by molar-refractivity contribution is 0.494. The van der Waals surface area contributed by atoms with Gasteiger partial charge in [-0.25, -0.2) is 14.5 Å². The predicted molar refractivity (Wildman–Crippen MR) is 104 cm³/mol. The summed E-state index contributed by atoms with van der Waals surface area (Å²) in [6, 6.07) is 11.4. The van der Waals surface area contributed by atoms with Crippen LogP contribution < -0.4 is 0 Å². The molecule has 6 nitrogen and oxygen atoms in total. The van der Waals surface area contributed by atoms with Gasteiger partial charge in [0.1, 0.15) is 17.7 Å². The van der Waals surface area contributed by atoms with Crippen molar-refractivity contribution in [2.24, 2.45) is 0 Å². The molecule has 0 radical (unpaired) electrons. The van der Waals surface area contributed by atoms with Crippen molar-refractivity contribution >= 4 is 28.3 Å². The van der Waals surface area contributed by atoms with Crippen molar-refractivity contribution in [3.63, 3.8) is 0 Å². The molecule has 0 spiro atoms. The maximum Gasteiger partial charge on any atom is 0.182 e. The first kappa shape index (κ1) is 16.1. The fourth-order valence-corrected chi connectivity index (χ4v) is 3.53. The summed E-state index contributed by atoms with van der Waals surface area (Å²) in [5, 5.41) is 6.29. The molecule has 27 heavy (non-hydrogen) atoms. The van der Waals surface area contributed by atoms with Crippen molar-refractivity contribution in [2.75, 3.05) is 0 Å². The van der Waals surface area contributed by atoms with E-state index in [2.05, 4.69) is 28.5 Å². The van der Waals surface area contributed by atoms with Gasteiger partial charge in [0.25, 0.3) is 0 Å². The van der Waals surface area contributed by atoms with E-state index < -0.39 is 0 Å². The van der Waals surface area contributed by atoms with Crippen LogP contribution in [0.15, 0.2) is 53.4 Å². The molecule has 0 saturated heterocycles. The van der Waals surface area contributed by atoms with Crippen molar-refractivity contribution in [3.05, 3.63) is 71.0 Å². The Labute approximate surface area is 160 Å². The molecule has 5 rings (SSSR count). The second kappa shape index (κ2) is 5.96. The molecule has 0 fully saturated rings. The monoisotopic (exact) mass is 377 g/mol. The highest BCUT2D eigenvalue weighted by Gasteiger charge is 2.19. The van der Waals surface area contributed by atoms with Gasteiger partial charge in [0, 0.05) is 16.3 Å². The van der Waals surface area contributed by atoms with Crippen molar-refractivity contribution in [3.8, 4) is 11.4 Å². The van der Waals surface area contributed by atoms with Gasteiger partial charge < -0.3 is 8.98 Å². The molecule has 0 amide bonds. The zero-order valence-corrected chi connectivity index (χ0v) is 15.6. The van der Waals surface area contributed by atoms with Crippen molar-refractivity contribution < 1.29 is 4.42 Å². The number of furan rings is 1. The fraction of sp³-hybridized carbons (Fsp3) is 0.150. The second-order valence-corrected chi connectivity index (χ2v) is 6.97. The fourth-order valence-electron chi connectivity index (χ4n) is 3.40. The van der Waals surface area contributed by atoms with Gasteiger partial charge in [0.15, 0.2) is 11.5 Å². The van der Waals surface area contributed by atoms with Gasteiger partial charge in [-0.2, -0.15) is 0 Å². The number of rotatable bonds is 3. The lowest BCUT2D eigenvalue weighted by Gasteiger charge is -2.05. The number of hydrogen-bond donors (Lipinski definition) is 0. The summed E-state index contributed by atoms with van der Waals surface area (Å²) in [5.74, 6) is 1.54. The SMILES string of the molecule is Cc1c(C)n(Cc2ccco2)c2ncn3nc(-c4ccc(Cl)cc4)nc3c12. The van der Waals surface area contributed by atoms with Gasteiger partial charge >= 0.3 is 0 Å². The topological polar surface area (TPSA) is 61.2 Å². The first-order chi connectivity index (χ1) is 13.1. The van der Waals surface area contributed by atoms with E-state index in [0.29, 0.717) is 17.4 Å². The van der Waals surface area contributed by atoms with Crippen molar-refractivity contribution in [2.45, 2.75) is 20.4 Å². The van der Waals surface area contributed by atoms with E-state index in [1.807, 2.05) is 36.4 Å². The highest BCUT2D eigenvalue weighted by atomic mass is 35.5. The van der Waals surface area contributed by atoms with Crippen molar-refractivity contribution in [1.29, 1.82) is 0 Å². The summed E-state index contributed by atoms with van der Waals surface area (Å²) in [7, 11) is 0. The zero-order valence-electron chi connectivity index (χ0n) is 14.8. The lowest BCUT2D eigenvalue weighted by Crippen LogP contribution is -2.02. The van der Waals surface area contributed by atoms with Crippen LogP contribution in [0.3, 0.4) is 0 Å². The molecule has 0 unspecified atom stereocenters. The van der Waals surface area contributed by atoms with E-state index in [4.69, 9.17) is 21.0 Å². The van der Waals surface area contributed by atoms with Crippen LogP contribution in [0.5, 0.6) is 0 Å². The highest BCUT2D eigenvalue weighted by Crippen LogP contribution is 2.29. The van der Waals surface area contributed by atoms with Gasteiger partial charge in [-0.15, -0.1) is 5.10 Å². The van der Waals surface area contributed by atoms with Crippen LogP contribution in [-0.4, -0.2) is 24.1 Å². The first-order valence-corrected chi connectivity index (χ1v) is 8.98. The number of hydrogen-bond acceptors (Lipinski definition) is 4. The maximum absolute atomic E-state index is 5.99. The van der Waals surface area contributed by atoms with E-state index in [-0.39, 0.29) is 0 Å². The minimum Gasteiger partial charge on any atom is -0.467 e. The van der Waals surface area contributed by atoms with Gasteiger partial charge in [0.2, 0.25) is 0 Å². The average Bonchev–Trinajstić information content (AvgIpc) is 3.38. The molecule has 7 heteroatoms. The molecule has 0 N–H and O–H groups in total. The number of nitrogens with zero attached hydrogens (tertiary/aromatic N) is 5. The molecule has 1 aromatic carbocycles. The number of aryl methyl sites for hydroxylation is 1. The molecule has 0 atom stereocenters. The molecule has 0 aliphatic rings. The normalized spacial score (nSPS) is 11.7. The van der Waals surface area contributed by atoms with Gasteiger partial charge in [0.05, 0.1) is 18.2 Å². The van der Waals surface area contributed by atoms with Gasteiger partial charge in [-0.05, 0) is 55.8 Å². The number of halogens is 1. The average molecular weight is 378 g/mol. The Morgan fingerprint density at radius 2 is 1.89 bits per heavy atom. The second-order valence-electron chi connectivity index (χ2n) is 6.53. The summed E-state index contributed by atoms with van der Waals surface area (Å²) in [6.45, 7) is 4.81. The third-order valence-corrected chi connectivity index (χ3v) is 5.19. The molecular weight excluding hydrogens is 362 g/mol. The van der Waals surface area contributed by atoms with Gasteiger partial charge in [-0.3, -0.25) is 0 Å². The highest BCUT2D eigenvalue weighted by molar-refractivity contribution is 6.30. The molecule has 134 valence electrons. The summed E-state index contributed by atoms with van der Waals surface area (Å²) < 4.78 is 9.40. The summed E-state index contributed by atoms with van der Waals surface area (Å²) >= 11 is 5.99. The first-order valence-electron chi connectivity index (χ1n) is 8.61. The smallest absolute Gasteiger partial charge is 0.182 e. The Kier molecular flexibility index (Phi) is 3.55. The van der Waals surface area contributed by atoms with E-state index in [1.165, 1.54) is 0 Å². The minimum absolute atomic E-state index is 0.629. The van der Waals surface area contributed by atoms with Crippen LogP contribution in [0.1, 0.15) is 17.0 Å². The Hall–Kier alpha value is -3.12. The van der Waals surface area contributed by atoms with Crippen LogP contribution in [0.25, 0.3) is 28.1 Å². The number of benzene rings is 1. The molecule has 5 aromatic rings. The maximum atomic E-state index is 5.99. The lowest BCUT2D eigenvalue weighted by atomic mass is 10.2. The van der Waals surface area contributed by atoms with E-state index in [1.54, 1.807) is 17.1 Å². The number of aromatic nitrogens is 5. The quantitative estimate of drug-likeness (QED) is 0.459. The zero-order chi connectivity index (χ0) is 18.5. The molecule has 4 heterocycles. The van der Waals surface area contributed by atoms with E-state index >= 15 is 0 Å². The molecule has 0 saturated carbocycles.